The Bertz CT molecular complexity index is 808. The summed E-state index contributed by atoms with van der Waals surface area (Å²) in [6.45, 7) is 2.81. The fraction of sp³-hybridized carbons (Fsp3) is 0.435. The lowest BCUT2D eigenvalue weighted by Crippen LogP contribution is -2.52. The Morgan fingerprint density at radius 2 is 1.82 bits per heavy atom. The molecule has 2 saturated heterocycles. The molecular weight excluding hydrogens is 354 g/mol. The van der Waals surface area contributed by atoms with Crippen molar-refractivity contribution in [1.82, 2.24) is 4.90 Å². The average molecular weight is 381 g/mol. The first-order valence-corrected chi connectivity index (χ1v) is 10.0. The number of carbonyl (C=O) groups is 1. The van der Waals surface area contributed by atoms with Gasteiger partial charge in [0.1, 0.15) is 12.4 Å². The molecule has 2 aromatic rings. The van der Waals surface area contributed by atoms with Gasteiger partial charge < -0.3 is 19.5 Å². The highest BCUT2D eigenvalue weighted by molar-refractivity contribution is 5.69. The molecule has 0 aromatic heterocycles. The Labute approximate surface area is 165 Å². The molecule has 2 bridgehead atoms. The van der Waals surface area contributed by atoms with Crippen molar-refractivity contribution in [3.05, 3.63) is 65.7 Å². The molecule has 2 aliphatic rings. The lowest BCUT2D eigenvalue weighted by molar-refractivity contribution is -0.0538. The second-order valence-electron chi connectivity index (χ2n) is 7.73. The predicted octanol–water partition coefficient (Wildman–Crippen LogP) is 4.24. The molecular formula is C23H27NO4. The van der Waals surface area contributed by atoms with E-state index in [1.807, 2.05) is 66.4 Å². The minimum absolute atomic E-state index is 0.00257. The van der Waals surface area contributed by atoms with E-state index in [9.17, 15) is 9.90 Å². The van der Waals surface area contributed by atoms with Crippen LogP contribution in [-0.4, -0.2) is 34.8 Å². The van der Waals surface area contributed by atoms with Crippen molar-refractivity contribution < 1.29 is 19.4 Å². The van der Waals surface area contributed by atoms with Gasteiger partial charge in [-0.25, -0.2) is 4.79 Å². The van der Waals surface area contributed by atoms with E-state index < -0.39 is 5.60 Å². The summed E-state index contributed by atoms with van der Waals surface area (Å²) in [5, 5.41) is 11.4. The lowest BCUT2D eigenvalue weighted by atomic mass is 9.80. The summed E-state index contributed by atoms with van der Waals surface area (Å²) in [6.07, 6.45) is 2.58. The molecule has 2 heterocycles. The summed E-state index contributed by atoms with van der Waals surface area (Å²) < 4.78 is 11.1. The van der Waals surface area contributed by atoms with Crippen molar-refractivity contribution in [2.45, 2.75) is 56.9 Å². The number of hydrogen-bond acceptors (Lipinski definition) is 4. The highest BCUT2D eigenvalue weighted by atomic mass is 16.6. The van der Waals surface area contributed by atoms with Crippen LogP contribution < -0.4 is 4.74 Å². The van der Waals surface area contributed by atoms with Gasteiger partial charge in [-0.15, -0.1) is 0 Å². The van der Waals surface area contributed by atoms with Gasteiger partial charge in [-0.2, -0.15) is 0 Å². The predicted molar refractivity (Wildman–Crippen MR) is 106 cm³/mol. The van der Waals surface area contributed by atoms with Gasteiger partial charge in [0.2, 0.25) is 0 Å². The standard InChI is InChI=1S/C23H27NO4/c1-2-27-21-10-6-9-18(13-21)23(26)14-19-11-12-20(15-23)24(19)22(25)28-16-17-7-4-3-5-8-17/h3-10,13,19-20,26H,2,11-12,14-16H2,1H3. The van der Waals surface area contributed by atoms with E-state index in [0.29, 0.717) is 19.4 Å². The monoisotopic (exact) mass is 381 g/mol. The van der Waals surface area contributed by atoms with Crippen LogP contribution in [0.15, 0.2) is 54.6 Å². The van der Waals surface area contributed by atoms with Gasteiger partial charge in [0.25, 0.3) is 0 Å². The number of rotatable bonds is 5. The molecule has 1 amide bonds. The second kappa shape index (κ2) is 7.84. The smallest absolute Gasteiger partial charge is 0.410 e. The second-order valence-corrected chi connectivity index (χ2v) is 7.73. The molecule has 5 nitrogen and oxygen atoms in total. The maximum atomic E-state index is 12.7. The van der Waals surface area contributed by atoms with Crippen molar-refractivity contribution >= 4 is 6.09 Å². The van der Waals surface area contributed by atoms with Gasteiger partial charge in [-0.3, -0.25) is 0 Å². The van der Waals surface area contributed by atoms with Crippen LogP contribution in [0, 0.1) is 0 Å². The highest BCUT2D eigenvalue weighted by Crippen LogP contribution is 2.46. The zero-order valence-corrected chi connectivity index (χ0v) is 16.2. The zero-order valence-electron chi connectivity index (χ0n) is 16.2. The zero-order chi connectivity index (χ0) is 19.6. The SMILES string of the molecule is CCOc1cccc(C2(O)CC3CCC(C2)N3C(=O)OCc2ccccc2)c1. The van der Waals surface area contributed by atoms with Crippen LogP contribution in [-0.2, 0) is 16.9 Å². The first-order chi connectivity index (χ1) is 13.6. The third-order valence-electron chi connectivity index (χ3n) is 5.86. The van der Waals surface area contributed by atoms with Crippen molar-refractivity contribution in [2.75, 3.05) is 6.61 Å². The molecule has 1 N–H and O–H groups in total. The van der Waals surface area contributed by atoms with E-state index in [-0.39, 0.29) is 24.8 Å². The molecule has 2 aromatic carbocycles. The minimum atomic E-state index is -0.935. The Kier molecular flexibility index (Phi) is 5.27. The maximum absolute atomic E-state index is 12.7. The summed E-state index contributed by atoms with van der Waals surface area (Å²) in [7, 11) is 0. The molecule has 0 saturated carbocycles. The maximum Gasteiger partial charge on any atom is 0.410 e. The fourth-order valence-corrected chi connectivity index (χ4v) is 4.59. The van der Waals surface area contributed by atoms with E-state index in [1.54, 1.807) is 0 Å². The molecule has 2 unspecified atom stereocenters. The molecule has 5 heteroatoms. The normalized spacial score (nSPS) is 26.1. The van der Waals surface area contributed by atoms with Gasteiger partial charge >= 0.3 is 6.09 Å². The number of fused-ring (bicyclic) bond motifs is 2. The van der Waals surface area contributed by atoms with Gasteiger partial charge in [0, 0.05) is 24.9 Å². The van der Waals surface area contributed by atoms with E-state index in [0.717, 1.165) is 29.7 Å². The third-order valence-corrected chi connectivity index (χ3v) is 5.86. The number of benzene rings is 2. The molecule has 2 atom stereocenters. The number of piperidine rings is 1. The summed E-state index contributed by atoms with van der Waals surface area (Å²) in [5.74, 6) is 0.769. The summed E-state index contributed by atoms with van der Waals surface area (Å²) in [5.41, 5.74) is 0.909. The van der Waals surface area contributed by atoms with Crippen LogP contribution in [0.25, 0.3) is 0 Å². The van der Waals surface area contributed by atoms with Crippen LogP contribution in [0.4, 0.5) is 4.79 Å². The number of aliphatic hydroxyl groups is 1. The minimum Gasteiger partial charge on any atom is -0.494 e. The van der Waals surface area contributed by atoms with Crippen LogP contribution in [0.5, 0.6) is 5.75 Å². The van der Waals surface area contributed by atoms with E-state index >= 15 is 0 Å². The third kappa shape index (κ3) is 3.72. The number of hydrogen-bond donors (Lipinski definition) is 1. The van der Waals surface area contributed by atoms with E-state index in [2.05, 4.69) is 0 Å². The molecule has 0 radical (unpaired) electrons. The van der Waals surface area contributed by atoms with Crippen LogP contribution in [0.2, 0.25) is 0 Å². The Balaban J connectivity index is 1.45. The van der Waals surface area contributed by atoms with Gasteiger partial charge in [0.05, 0.1) is 12.2 Å². The van der Waals surface area contributed by atoms with Crippen LogP contribution >= 0.6 is 0 Å². The van der Waals surface area contributed by atoms with Gasteiger partial charge in [-0.05, 0) is 43.0 Å². The highest BCUT2D eigenvalue weighted by Gasteiger charge is 2.50. The molecule has 2 aliphatic heterocycles. The quantitative estimate of drug-likeness (QED) is 0.842. The molecule has 28 heavy (non-hydrogen) atoms. The number of carbonyl (C=O) groups excluding carboxylic acids is 1. The molecule has 0 spiro atoms. The topological polar surface area (TPSA) is 59.0 Å². The van der Waals surface area contributed by atoms with Crippen molar-refractivity contribution in [1.29, 1.82) is 0 Å². The first kappa shape index (κ1) is 18.8. The lowest BCUT2D eigenvalue weighted by Gasteiger charge is -2.43. The van der Waals surface area contributed by atoms with Crippen molar-refractivity contribution in [2.24, 2.45) is 0 Å². The van der Waals surface area contributed by atoms with E-state index in [1.165, 1.54) is 0 Å². The molecule has 4 rings (SSSR count). The number of ether oxygens (including phenoxy) is 2. The molecule has 148 valence electrons. The van der Waals surface area contributed by atoms with Crippen molar-refractivity contribution in [3.8, 4) is 5.75 Å². The number of amides is 1. The average Bonchev–Trinajstić information content (AvgIpc) is 2.99. The fourth-order valence-electron chi connectivity index (χ4n) is 4.59. The van der Waals surface area contributed by atoms with E-state index in [4.69, 9.17) is 9.47 Å². The summed E-state index contributed by atoms with van der Waals surface area (Å²) in [6, 6.07) is 17.4. The summed E-state index contributed by atoms with van der Waals surface area (Å²) in [4.78, 5) is 14.6. The number of nitrogens with zero attached hydrogens (tertiary/aromatic N) is 1. The Morgan fingerprint density at radius 3 is 2.50 bits per heavy atom. The first-order valence-electron chi connectivity index (χ1n) is 10.0. The van der Waals surface area contributed by atoms with Crippen molar-refractivity contribution in [3.63, 3.8) is 0 Å². The Morgan fingerprint density at radius 1 is 1.11 bits per heavy atom. The molecule has 0 aliphatic carbocycles. The molecule has 2 fully saturated rings. The largest absolute Gasteiger partial charge is 0.494 e. The van der Waals surface area contributed by atoms with Crippen LogP contribution in [0.3, 0.4) is 0 Å². The van der Waals surface area contributed by atoms with Gasteiger partial charge in [0.15, 0.2) is 0 Å². The summed E-state index contributed by atoms with van der Waals surface area (Å²) >= 11 is 0. The Hall–Kier alpha value is -2.53. The van der Waals surface area contributed by atoms with Gasteiger partial charge in [-0.1, -0.05) is 42.5 Å². The van der Waals surface area contributed by atoms with Crippen LogP contribution in [0.1, 0.15) is 43.7 Å².